The number of carbonyl (C=O) groups excluding carboxylic acids is 1. The topological polar surface area (TPSA) is 68.0 Å². The van der Waals surface area contributed by atoms with Gasteiger partial charge in [-0.1, -0.05) is 5.16 Å². The van der Waals surface area contributed by atoms with E-state index < -0.39 is 0 Å². The van der Waals surface area contributed by atoms with Gasteiger partial charge in [-0.3, -0.25) is 9.78 Å². The third-order valence-corrected chi connectivity index (χ3v) is 3.65. The number of thiophene rings is 1. The number of aryl methyl sites for hydroxylation is 1. The maximum absolute atomic E-state index is 11.9. The molecule has 0 spiro atoms. The van der Waals surface area contributed by atoms with E-state index in [2.05, 4.69) is 20.8 Å². The zero-order valence-electron chi connectivity index (χ0n) is 11.4. The molecule has 0 bridgehead atoms. The molecule has 0 radical (unpaired) electrons. The monoisotopic (exact) mass is 299 g/mol. The smallest absolute Gasteiger partial charge is 0.273 e. The number of amides is 1. The van der Waals surface area contributed by atoms with Crippen molar-refractivity contribution in [2.75, 3.05) is 0 Å². The summed E-state index contributed by atoms with van der Waals surface area (Å²) in [6.45, 7) is 2.15. The Morgan fingerprint density at radius 3 is 2.95 bits per heavy atom. The molecule has 0 fully saturated rings. The first-order valence-corrected chi connectivity index (χ1v) is 7.34. The molecular formula is C15H13N3O2S. The van der Waals surface area contributed by atoms with Gasteiger partial charge in [0.05, 0.1) is 0 Å². The van der Waals surface area contributed by atoms with Gasteiger partial charge in [-0.25, -0.2) is 0 Å². The van der Waals surface area contributed by atoms with Gasteiger partial charge >= 0.3 is 0 Å². The summed E-state index contributed by atoms with van der Waals surface area (Å²) >= 11 is 1.64. The molecule has 106 valence electrons. The minimum absolute atomic E-state index is 0.257. The third-order valence-electron chi connectivity index (χ3n) is 2.96. The molecule has 5 nitrogen and oxygen atoms in total. The van der Waals surface area contributed by atoms with Gasteiger partial charge in [-0.15, -0.1) is 0 Å². The minimum Gasteiger partial charge on any atom is -0.361 e. The van der Waals surface area contributed by atoms with Crippen LogP contribution in [0.25, 0.3) is 11.1 Å². The van der Waals surface area contributed by atoms with E-state index in [0.717, 1.165) is 16.7 Å². The second kappa shape index (κ2) is 5.88. The number of pyridine rings is 1. The van der Waals surface area contributed by atoms with Crippen molar-refractivity contribution in [1.82, 2.24) is 15.5 Å². The molecule has 0 aliphatic carbocycles. The Kier molecular flexibility index (Phi) is 3.79. The highest BCUT2D eigenvalue weighted by molar-refractivity contribution is 7.08. The summed E-state index contributed by atoms with van der Waals surface area (Å²) in [6.07, 6.45) is 3.55. The highest BCUT2D eigenvalue weighted by Gasteiger charge is 2.10. The van der Waals surface area contributed by atoms with Crippen molar-refractivity contribution in [3.8, 4) is 11.1 Å². The van der Waals surface area contributed by atoms with E-state index >= 15 is 0 Å². The molecule has 0 aliphatic rings. The zero-order valence-corrected chi connectivity index (χ0v) is 12.2. The second-order valence-electron chi connectivity index (χ2n) is 4.60. The molecule has 0 aromatic carbocycles. The summed E-state index contributed by atoms with van der Waals surface area (Å²) in [7, 11) is 0. The van der Waals surface area contributed by atoms with Crippen molar-refractivity contribution in [1.29, 1.82) is 0 Å². The fraction of sp³-hybridized carbons (Fsp3) is 0.133. The number of rotatable bonds is 4. The van der Waals surface area contributed by atoms with Gasteiger partial charge in [0.1, 0.15) is 5.76 Å². The first kappa shape index (κ1) is 13.5. The van der Waals surface area contributed by atoms with E-state index in [1.165, 1.54) is 0 Å². The van der Waals surface area contributed by atoms with Crippen LogP contribution in [0.15, 0.2) is 45.9 Å². The van der Waals surface area contributed by atoms with E-state index in [4.69, 9.17) is 4.52 Å². The molecule has 21 heavy (non-hydrogen) atoms. The van der Waals surface area contributed by atoms with Crippen molar-refractivity contribution >= 4 is 17.2 Å². The Labute approximate surface area is 125 Å². The Balaban J connectivity index is 1.68. The fourth-order valence-corrected chi connectivity index (χ4v) is 2.58. The molecule has 0 saturated heterocycles. The van der Waals surface area contributed by atoms with Crippen LogP contribution in [0.5, 0.6) is 0 Å². The van der Waals surface area contributed by atoms with Crippen LogP contribution in [-0.2, 0) is 6.54 Å². The predicted molar refractivity (Wildman–Crippen MR) is 80.0 cm³/mol. The van der Waals surface area contributed by atoms with Crippen molar-refractivity contribution in [2.45, 2.75) is 13.5 Å². The summed E-state index contributed by atoms with van der Waals surface area (Å²) in [4.78, 5) is 16.1. The minimum atomic E-state index is -0.257. The lowest BCUT2D eigenvalue weighted by Gasteiger charge is -2.04. The van der Waals surface area contributed by atoms with Crippen LogP contribution in [0.4, 0.5) is 0 Å². The predicted octanol–water partition coefficient (Wildman–Crippen LogP) is 3.04. The maximum Gasteiger partial charge on any atom is 0.273 e. The first-order chi connectivity index (χ1) is 10.2. The molecule has 3 heterocycles. The van der Waals surface area contributed by atoms with Crippen LogP contribution in [0, 0.1) is 6.92 Å². The molecule has 1 amide bonds. The van der Waals surface area contributed by atoms with Gasteiger partial charge in [0, 0.05) is 30.6 Å². The number of hydrogen-bond donors (Lipinski definition) is 1. The Morgan fingerprint density at radius 1 is 1.33 bits per heavy atom. The van der Waals surface area contributed by atoms with E-state index in [0.29, 0.717) is 12.3 Å². The Hall–Kier alpha value is -2.47. The summed E-state index contributed by atoms with van der Waals surface area (Å²) < 4.78 is 4.88. The number of hydrogen-bond acceptors (Lipinski definition) is 5. The van der Waals surface area contributed by atoms with Crippen LogP contribution in [0.3, 0.4) is 0 Å². The van der Waals surface area contributed by atoms with Crippen LogP contribution in [0.1, 0.15) is 21.8 Å². The molecule has 3 rings (SSSR count). The molecule has 3 aromatic rings. The van der Waals surface area contributed by atoms with Crippen LogP contribution in [0.2, 0.25) is 0 Å². The van der Waals surface area contributed by atoms with Crippen LogP contribution < -0.4 is 5.32 Å². The normalized spacial score (nSPS) is 10.5. The van der Waals surface area contributed by atoms with Crippen molar-refractivity contribution in [3.05, 3.63) is 58.4 Å². The third kappa shape index (κ3) is 3.17. The van der Waals surface area contributed by atoms with Gasteiger partial charge < -0.3 is 9.84 Å². The lowest BCUT2D eigenvalue weighted by Crippen LogP contribution is -2.23. The summed E-state index contributed by atoms with van der Waals surface area (Å²) in [5, 5.41) is 10.6. The van der Waals surface area contributed by atoms with Crippen molar-refractivity contribution in [3.63, 3.8) is 0 Å². The molecular weight excluding hydrogens is 286 g/mol. The molecule has 0 atom stereocenters. The Bertz CT molecular complexity index is 750. The van der Waals surface area contributed by atoms with E-state index in [1.54, 1.807) is 30.5 Å². The van der Waals surface area contributed by atoms with Crippen molar-refractivity contribution < 1.29 is 9.32 Å². The van der Waals surface area contributed by atoms with Gasteiger partial charge in [-0.2, -0.15) is 11.3 Å². The van der Waals surface area contributed by atoms with Gasteiger partial charge in [0.2, 0.25) is 0 Å². The molecule has 3 aromatic heterocycles. The fourth-order valence-electron chi connectivity index (χ4n) is 1.92. The van der Waals surface area contributed by atoms with Gasteiger partial charge in [0.15, 0.2) is 5.69 Å². The van der Waals surface area contributed by atoms with Crippen molar-refractivity contribution in [2.24, 2.45) is 0 Å². The lowest BCUT2D eigenvalue weighted by molar-refractivity contribution is 0.0942. The van der Waals surface area contributed by atoms with E-state index in [1.807, 2.05) is 23.7 Å². The second-order valence-corrected chi connectivity index (χ2v) is 5.38. The zero-order chi connectivity index (χ0) is 14.7. The number of nitrogens with one attached hydrogen (secondary N) is 1. The molecule has 1 N–H and O–H groups in total. The molecule has 6 heteroatoms. The molecule has 0 aliphatic heterocycles. The summed E-state index contributed by atoms with van der Waals surface area (Å²) in [5.74, 6) is 0.356. The van der Waals surface area contributed by atoms with Crippen LogP contribution in [-0.4, -0.2) is 16.0 Å². The molecule has 0 saturated carbocycles. The Morgan fingerprint density at radius 2 is 2.24 bits per heavy atom. The maximum atomic E-state index is 11.9. The average molecular weight is 299 g/mol. The van der Waals surface area contributed by atoms with E-state index in [9.17, 15) is 4.79 Å². The number of aromatic nitrogens is 2. The lowest BCUT2D eigenvalue weighted by atomic mass is 10.1. The quantitative estimate of drug-likeness (QED) is 0.804. The van der Waals surface area contributed by atoms with Gasteiger partial charge in [-0.05, 0) is 40.9 Å². The first-order valence-electron chi connectivity index (χ1n) is 6.40. The average Bonchev–Trinajstić information content (AvgIpc) is 3.16. The SMILES string of the molecule is Cc1cc(C(=O)NCc2cncc(-c3ccsc3)c2)no1. The number of carbonyl (C=O) groups is 1. The largest absolute Gasteiger partial charge is 0.361 e. The standard InChI is InChI=1S/C15H13N3O2S/c1-10-4-14(18-20-10)15(19)17-7-11-5-13(8-16-6-11)12-2-3-21-9-12/h2-6,8-9H,7H2,1H3,(H,17,19). The highest BCUT2D eigenvalue weighted by Crippen LogP contribution is 2.21. The van der Waals surface area contributed by atoms with Crippen LogP contribution >= 0.6 is 11.3 Å². The van der Waals surface area contributed by atoms with E-state index in [-0.39, 0.29) is 11.6 Å². The highest BCUT2D eigenvalue weighted by atomic mass is 32.1. The number of nitrogens with zero attached hydrogens (tertiary/aromatic N) is 2. The summed E-state index contributed by atoms with van der Waals surface area (Å²) in [5.41, 5.74) is 3.40. The summed E-state index contributed by atoms with van der Waals surface area (Å²) in [6, 6.07) is 5.67. The van der Waals surface area contributed by atoms with Gasteiger partial charge in [0.25, 0.3) is 5.91 Å². The molecule has 0 unspecified atom stereocenters.